The van der Waals surface area contributed by atoms with Crippen molar-refractivity contribution in [1.29, 1.82) is 0 Å². The third-order valence-electron chi connectivity index (χ3n) is 8.58. The van der Waals surface area contributed by atoms with Gasteiger partial charge in [-0.25, -0.2) is 0 Å². The van der Waals surface area contributed by atoms with Crippen molar-refractivity contribution in [1.82, 2.24) is 19.7 Å². The fraction of sp³-hybridized carbons (Fsp3) is 0.394. The van der Waals surface area contributed by atoms with Gasteiger partial charge in [0, 0.05) is 36.3 Å². The van der Waals surface area contributed by atoms with Crippen LogP contribution < -0.4 is 10.6 Å². The number of hydrogen-bond donors (Lipinski definition) is 2. The van der Waals surface area contributed by atoms with E-state index in [9.17, 15) is 4.79 Å². The first-order valence-electron chi connectivity index (χ1n) is 14.7. The van der Waals surface area contributed by atoms with Crippen molar-refractivity contribution in [2.75, 3.05) is 23.0 Å². The first kappa shape index (κ1) is 31.0. The number of amides is 1. The first-order chi connectivity index (χ1) is 20.4. The van der Waals surface area contributed by atoms with Crippen LogP contribution in [0.15, 0.2) is 60.9 Å². The number of benzene rings is 1. The molecule has 226 valence electrons. The maximum Gasteiger partial charge on any atom is 0.255 e. The smallest absolute Gasteiger partial charge is 0.255 e. The molecule has 3 aromatic heterocycles. The van der Waals surface area contributed by atoms with E-state index in [1.807, 2.05) is 72.9 Å². The highest BCUT2D eigenvalue weighted by Crippen LogP contribution is 2.47. The minimum atomic E-state index is -1.92. The topological polar surface area (TPSA) is 94.0 Å². The summed E-state index contributed by atoms with van der Waals surface area (Å²) in [5.74, 6) is 1.69. The molecule has 1 aromatic carbocycles. The summed E-state index contributed by atoms with van der Waals surface area (Å²) in [4.78, 5) is 22.1. The summed E-state index contributed by atoms with van der Waals surface area (Å²) >= 11 is 1.88. The van der Waals surface area contributed by atoms with E-state index in [4.69, 9.17) is 9.52 Å². The van der Waals surface area contributed by atoms with E-state index < -0.39 is 8.32 Å². The lowest BCUT2D eigenvalue weighted by molar-refractivity contribution is 0.102. The van der Waals surface area contributed by atoms with Gasteiger partial charge in [-0.3, -0.25) is 19.4 Å². The highest BCUT2D eigenvalue weighted by Gasteiger charge is 2.39. The average molecular weight is 615 g/mol. The van der Waals surface area contributed by atoms with E-state index in [0.29, 0.717) is 17.9 Å². The van der Waals surface area contributed by atoms with Crippen LogP contribution in [0.25, 0.3) is 11.4 Å². The van der Waals surface area contributed by atoms with Gasteiger partial charge in [0.1, 0.15) is 11.5 Å². The number of aromatic nitrogens is 4. The number of rotatable bonds is 7. The number of carbonyl (C=O) groups excluding carboxylic acids is 1. The van der Waals surface area contributed by atoms with E-state index in [1.165, 1.54) is 0 Å². The number of nitrogens with zero attached hydrogens (tertiary/aromatic N) is 4. The summed E-state index contributed by atoms with van der Waals surface area (Å²) < 4.78 is 8.61. The van der Waals surface area contributed by atoms with Crippen LogP contribution >= 0.6 is 11.8 Å². The van der Waals surface area contributed by atoms with E-state index in [-0.39, 0.29) is 22.2 Å². The van der Waals surface area contributed by atoms with Crippen LogP contribution in [0.5, 0.6) is 0 Å². The molecule has 8 nitrogen and oxygen atoms in total. The Kier molecular flexibility index (Phi) is 8.83. The molecule has 0 saturated carbocycles. The van der Waals surface area contributed by atoms with Crippen molar-refractivity contribution >= 4 is 37.5 Å². The van der Waals surface area contributed by atoms with Crippen molar-refractivity contribution in [2.45, 2.75) is 64.0 Å². The number of anilines is 2. The lowest BCUT2D eigenvalue weighted by atomic mass is 9.96. The number of hydrogen-bond acceptors (Lipinski definition) is 7. The Morgan fingerprint density at radius 3 is 2.56 bits per heavy atom. The molecule has 0 radical (unpaired) electrons. The highest BCUT2D eigenvalue weighted by molar-refractivity contribution is 7.99. The van der Waals surface area contributed by atoms with E-state index in [2.05, 4.69) is 67.5 Å². The SMILES string of the molecule is Cc1cc(C(=O)Nc2cccnc2C)ccc1[C@@H]1SC[C@@H](CO[Si](C)(C)C(C)(C)C)Nc2c1c(-c1ccccn1)nn2C. The van der Waals surface area contributed by atoms with Crippen molar-refractivity contribution in [3.05, 3.63) is 88.9 Å². The third-order valence-corrected chi connectivity index (χ3v) is 14.5. The van der Waals surface area contributed by atoms with Crippen LogP contribution in [0, 0.1) is 13.8 Å². The summed E-state index contributed by atoms with van der Waals surface area (Å²) in [7, 11) is 0.0636. The summed E-state index contributed by atoms with van der Waals surface area (Å²) in [6.45, 7) is 16.0. The Hall–Kier alpha value is -3.47. The van der Waals surface area contributed by atoms with Gasteiger partial charge >= 0.3 is 0 Å². The lowest BCUT2D eigenvalue weighted by Crippen LogP contribution is -2.44. The molecule has 0 unspecified atom stereocenters. The molecule has 1 aliphatic heterocycles. The summed E-state index contributed by atoms with van der Waals surface area (Å²) in [5, 5.41) is 11.9. The van der Waals surface area contributed by atoms with Gasteiger partial charge in [0.05, 0.1) is 35.0 Å². The van der Waals surface area contributed by atoms with Crippen molar-refractivity contribution in [3.63, 3.8) is 0 Å². The van der Waals surface area contributed by atoms with Gasteiger partial charge in [0.25, 0.3) is 5.91 Å². The van der Waals surface area contributed by atoms with Crippen LogP contribution in [0.3, 0.4) is 0 Å². The van der Waals surface area contributed by atoms with E-state index in [0.717, 1.165) is 45.3 Å². The molecule has 2 N–H and O–H groups in total. The molecule has 1 aliphatic rings. The first-order valence-corrected chi connectivity index (χ1v) is 18.7. The molecular weight excluding hydrogens is 573 g/mol. The Morgan fingerprint density at radius 2 is 1.88 bits per heavy atom. The van der Waals surface area contributed by atoms with Gasteiger partial charge in [-0.1, -0.05) is 32.9 Å². The molecule has 0 saturated heterocycles. The molecule has 4 aromatic rings. The van der Waals surface area contributed by atoms with Crippen molar-refractivity contribution < 1.29 is 9.22 Å². The van der Waals surface area contributed by atoms with E-state index >= 15 is 0 Å². The minimum absolute atomic E-state index is 0.0104. The van der Waals surface area contributed by atoms with Crippen molar-refractivity contribution in [3.8, 4) is 11.4 Å². The maximum absolute atomic E-state index is 13.2. The minimum Gasteiger partial charge on any atom is -0.415 e. The molecule has 0 fully saturated rings. The van der Waals surface area contributed by atoms with Crippen LogP contribution in [0.4, 0.5) is 11.5 Å². The molecule has 4 heterocycles. The van der Waals surface area contributed by atoms with Gasteiger partial charge in [-0.15, -0.1) is 11.8 Å². The zero-order valence-electron chi connectivity index (χ0n) is 26.4. The Bertz CT molecular complexity index is 1620. The number of carbonyl (C=O) groups is 1. The number of aryl methyl sites for hydroxylation is 3. The summed E-state index contributed by atoms with van der Waals surface area (Å²) in [6, 6.07) is 15.7. The zero-order valence-corrected chi connectivity index (χ0v) is 28.2. The number of nitrogens with one attached hydrogen (secondary N) is 2. The molecule has 1 amide bonds. The average Bonchev–Trinajstić information content (AvgIpc) is 3.15. The summed E-state index contributed by atoms with van der Waals surface area (Å²) in [5.41, 5.74) is 7.11. The number of thioether (sulfide) groups is 1. The molecule has 0 bridgehead atoms. The summed E-state index contributed by atoms with van der Waals surface area (Å²) in [6.07, 6.45) is 3.53. The fourth-order valence-electron chi connectivity index (χ4n) is 4.97. The van der Waals surface area contributed by atoms with Crippen LogP contribution in [-0.4, -0.2) is 52.4 Å². The van der Waals surface area contributed by atoms with Crippen LogP contribution in [0.1, 0.15) is 58.8 Å². The van der Waals surface area contributed by atoms with Crippen molar-refractivity contribution in [2.24, 2.45) is 7.05 Å². The highest BCUT2D eigenvalue weighted by atomic mass is 32.2. The van der Waals surface area contributed by atoms with Gasteiger partial charge in [-0.2, -0.15) is 5.10 Å². The molecule has 0 aliphatic carbocycles. The second-order valence-electron chi connectivity index (χ2n) is 12.7. The largest absolute Gasteiger partial charge is 0.415 e. The Balaban J connectivity index is 1.50. The lowest BCUT2D eigenvalue weighted by Gasteiger charge is -2.37. The second kappa shape index (κ2) is 12.3. The number of pyridine rings is 2. The van der Waals surface area contributed by atoms with E-state index in [1.54, 1.807) is 12.4 Å². The number of fused-ring (bicyclic) bond motifs is 1. The molecule has 5 rings (SSSR count). The maximum atomic E-state index is 13.2. The second-order valence-corrected chi connectivity index (χ2v) is 18.7. The normalized spacial score (nSPS) is 17.1. The third kappa shape index (κ3) is 6.56. The Morgan fingerprint density at radius 1 is 1.12 bits per heavy atom. The van der Waals surface area contributed by atoms with Gasteiger partial charge in [0.15, 0.2) is 8.32 Å². The molecule has 10 heteroatoms. The monoisotopic (exact) mass is 614 g/mol. The van der Waals surface area contributed by atoms with Crippen LogP contribution in [-0.2, 0) is 11.5 Å². The Labute approximate surface area is 260 Å². The van der Waals surface area contributed by atoms with Gasteiger partial charge < -0.3 is 15.1 Å². The molecular formula is C33H42N6O2SSi. The fourth-order valence-corrected chi connectivity index (χ4v) is 7.45. The standard InChI is InChI=1S/C33H42N6O2SSi/c1-21-18-23(32(40)37-26-13-11-17-34-22(26)2)14-15-25(21)30-28-29(27-12-9-10-16-35-27)38-39(6)31(28)36-24(20-42-30)19-41-43(7,8)33(3,4)5/h9-18,24,30,36H,19-20H2,1-8H3,(H,37,40)/t24-,30+/m1/s1. The quantitative estimate of drug-likeness (QED) is 0.210. The van der Waals surface area contributed by atoms with Crippen LogP contribution in [0.2, 0.25) is 18.1 Å². The molecule has 43 heavy (non-hydrogen) atoms. The predicted molar refractivity (Wildman–Crippen MR) is 179 cm³/mol. The van der Waals surface area contributed by atoms with Gasteiger partial charge in [-0.05, 0) is 79.5 Å². The zero-order chi connectivity index (χ0) is 30.9. The predicted octanol–water partition coefficient (Wildman–Crippen LogP) is 7.38. The van der Waals surface area contributed by atoms with Gasteiger partial charge in [0.2, 0.25) is 0 Å². The molecule has 2 atom stereocenters. The molecule has 0 spiro atoms.